The lowest BCUT2D eigenvalue weighted by molar-refractivity contribution is 0.102. The van der Waals surface area contributed by atoms with E-state index in [2.05, 4.69) is 41.7 Å². The molecule has 5 rings (SSSR count). The number of benzene rings is 5. The molecule has 0 radical (unpaired) electrons. The molecule has 3 N–H and O–H groups in total. The Labute approximate surface area is 215 Å². The molecule has 0 aromatic heterocycles. The average molecular weight is 485 g/mol. The van der Waals surface area contributed by atoms with Crippen LogP contribution in [0.4, 0.5) is 5.69 Å². The number of rotatable bonds is 7. The van der Waals surface area contributed by atoms with Gasteiger partial charge in [0.15, 0.2) is 0 Å². The number of nitrogens with one attached hydrogen (secondary N) is 1. The van der Waals surface area contributed by atoms with Crippen molar-refractivity contribution in [2.24, 2.45) is 0 Å². The van der Waals surface area contributed by atoms with E-state index in [1.807, 2.05) is 66.7 Å². The summed E-state index contributed by atoms with van der Waals surface area (Å²) in [5, 5.41) is 20.7. The molecule has 0 aliphatic heterocycles. The summed E-state index contributed by atoms with van der Waals surface area (Å²) >= 11 is 0. The molecule has 0 bridgehead atoms. The van der Waals surface area contributed by atoms with Crippen molar-refractivity contribution in [3.8, 4) is 39.1 Å². The van der Waals surface area contributed by atoms with Crippen molar-refractivity contribution in [3.05, 3.63) is 133 Å². The fraction of sp³-hybridized carbons (Fsp3) is 0. The average Bonchev–Trinajstić information content (AvgIpc) is 2.94. The van der Waals surface area contributed by atoms with Gasteiger partial charge in [-0.15, -0.1) is 0 Å². The van der Waals surface area contributed by atoms with Crippen molar-refractivity contribution in [3.63, 3.8) is 0 Å². The maximum absolute atomic E-state index is 13.1. The van der Waals surface area contributed by atoms with E-state index in [0.717, 1.165) is 33.4 Å². The zero-order chi connectivity index (χ0) is 25.6. The molecule has 0 aliphatic carbocycles. The quantitative estimate of drug-likeness (QED) is 0.237. The highest BCUT2D eigenvalue weighted by Gasteiger charge is 2.14. The highest BCUT2D eigenvalue weighted by molar-refractivity contribution is 6.33. The second-order valence-electron chi connectivity index (χ2n) is 8.49. The molecule has 0 saturated heterocycles. The van der Waals surface area contributed by atoms with Gasteiger partial charge in [0.2, 0.25) is 0 Å². The van der Waals surface area contributed by atoms with Crippen molar-refractivity contribution in [2.45, 2.75) is 0 Å². The Morgan fingerprint density at radius 1 is 0.595 bits per heavy atom. The number of amides is 1. The van der Waals surface area contributed by atoms with E-state index >= 15 is 0 Å². The summed E-state index contributed by atoms with van der Waals surface area (Å²) in [5.41, 5.74) is 7.47. The first-order valence-electron chi connectivity index (χ1n) is 11.9. The van der Waals surface area contributed by atoms with E-state index in [1.54, 1.807) is 24.3 Å². The third-order valence-corrected chi connectivity index (χ3v) is 6.02. The number of hydrogen-bond acceptors (Lipinski definition) is 4. The Hall–Kier alpha value is -4.65. The van der Waals surface area contributed by atoms with Gasteiger partial charge in [0.25, 0.3) is 5.91 Å². The molecule has 0 fully saturated rings. The Morgan fingerprint density at radius 2 is 1.14 bits per heavy atom. The van der Waals surface area contributed by atoms with Crippen LogP contribution in [0.1, 0.15) is 10.4 Å². The third kappa shape index (κ3) is 5.78. The summed E-state index contributed by atoms with van der Waals surface area (Å²) in [5.74, 6) is 0.0287. The van der Waals surface area contributed by atoms with Crippen LogP contribution in [0.5, 0.6) is 5.75 Å². The van der Waals surface area contributed by atoms with E-state index < -0.39 is 7.32 Å². The molecule has 1 amide bonds. The van der Waals surface area contributed by atoms with Crippen LogP contribution < -0.4 is 9.97 Å². The minimum Gasteiger partial charge on any atom is -0.512 e. The van der Waals surface area contributed by atoms with Gasteiger partial charge in [0.05, 0.1) is 0 Å². The van der Waals surface area contributed by atoms with Gasteiger partial charge < -0.3 is 20.0 Å². The van der Waals surface area contributed by atoms with Crippen molar-refractivity contribution in [1.29, 1.82) is 0 Å². The monoisotopic (exact) mass is 485 g/mol. The molecule has 5 aromatic rings. The molecule has 0 saturated carbocycles. The van der Waals surface area contributed by atoms with Crippen LogP contribution in [0.3, 0.4) is 0 Å². The molecule has 5 aromatic carbocycles. The van der Waals surface area contributed by atoms with E-state index in [4.69, 9.17) is 14.7 Å². The van der Waals surface area contributed by atoms with Crippen LogP contribution >= 0.6 is 0 Å². The van der Waals surface area contributed by atoms with Gasteiger partial charge in [0, 0.05) is 11.3 Å². The first-order chi connectivity index (χ1) is 18.1. The number of carbonyl (C=O) groups excluding carboxylic acids is 1. The summed E-state index contributed by atoms with van der Waals surface area (Å²) in [4.78, 5) is 13.1. The maximum atomic E-state index is 13.1. The predicted molar refractivity (Wildman–Crippen MR) is 148 cm³/mol. The molecule has 5 nitrogen and oxygen atoms in total. The molecule has 0 unspecified atom stereocenters. The van der Waals surface area contributed by atoms with Crippen molar-refractivity contribution in [2.75, 3.05) is 5.32 Å². The molecule has 0 atom stereocenters. The van der Waals surface area contributed by atoms with Gasteiger partial charge in [-0.05, 0) is 69.8 Å². The van der Waals surface area contributed by atoms with Gasteiger partial charge >= 0.3 is 7.32 Å². The molecular weight excluding hydrogens is 461 g/mol. The van der Waals surface area contributed by atoms with Crippen LogP contribution in [0.25, 0.3) is 33.4 Å². The van der Waals surface area contributed by atoms with E-state index in [9.17, 15) is 4.79 Å². The summed E-state index contributed by atoms with van der Waals surface area (Å²) in [7, 11) is -1.90. The van der Waals surface area contributed by atoms with E-state index in [-0.39, 0.29) is 11.7 Å². The summed E-state index contributed by atoms with van der Waals surface area (Å²) < 4.78 is 4.81. The zero-order valence-electron chi connectivity index (χ0n) is 19.9. The second-order valence-corrected chi connectivity index (χ2v) is 8.49. The van der Waals surface area contributed by atoms with Gasteiger partial charge in [0.1, 0.15) is 5.75 Å². The summed E-state index contributed by atoms with van der Waals surface area (Å²) in [6.07, 6.45) is 0. The lowest BCUT2D eigenvalue weighted by Gasteiger charge is -2.14. The largest absolute Gasteiger partial charge is 0.707 e. The number of anilines is 1. The molecule has 0 aliphatic rings. The van der Waals surface area contributed by atoms with E-state index in [0.29, 0.717) is 11.3 Å². The zero-order valence-corrected chi connectivity index (χ0v) is 19.9. The fourth-order valence-electron chi connectivity index (χ4n) is 4.21. The van der Waals surface area contributed by atoms with Gasteiger partial charge in [-0.1, -0.05) is 91.0 Å². The fourth-order valence-corrected chi connectivity index (χ4v) is 4.21. The Kier molecular flexibility index (Phi) is 7.13. The van der Waals surface area contributed by atoms with Gasteiger partial charge in [-0.2, -0.15) is 0 Å². The van der Waals surface area contributed by atoms with Crippen LogP contribution in [0.15, 0.2) is 127 Å². The summed E-state index contributed by atoms with van der Waals surface area (Å²) in [6, 6.07) is 40.8. The molecule has 37 heavy (non-hydrogen) atoms. The Morgan fingerprint density at radius 3 is 1.76 bits per heavy atom. The number of hydrogen-bond donors (Lipinski definition) is 3. The second kappa shape index (κ2) is 11.0. The first kappa shape index (κ1) is 24.1. The van der Waals surface area contributed by atoms with E-state index in [1.165, 1.54) is 0 Å². The topological polar surface area (TPSA) is 78.8 Å². The third-order valence-electron chi connectivity index (χ3n) is 6.02. The van der Waals surface area contributed by atoms with Crippen LogP contribution in [-0.4, -0.2) is 23.3 Å². The molecule has 180 valence electrons. The lowest BCUT2D eigenvalue weighted by Crippen LogP contribution is -2.20. The van der Waals surface area contributed by atoms with Crippen molar-refractivity contribution in [1.82, 2.24) is 0 Å². The van der Waals surface area contributed by atoms with Gasteiger partial charge in [-0.25, -0.2) is 0 Å². The van der Waals surface area contributed by atoms with Crippen LogP contribution in [0, 0.1) is 0 Å². The number of carbonyl (C=O) groups is 1. The Balaban J connectivity index is 1.44. The van der Waals surface area contributed by atoms with Crippen LogP contribution in [-0.2, 0) is 0 Å². The SMILES string of the molecule is O=C(Nc1ccc(OB(O)O)cc1)c1ccc(-c2ccc(-c3ccccc3)cc2)c(-c2ccccc2)c1. The normalized spacial score (nSPS) is 10.5. The van der Waals surface area contributed by atoms with Crippen molar-refractivity contribution >= 4 is 18.9 Å². The van der Waals surface area contributed by atoms with Crippen LogP contribution in [0.2, 0.25) is 0 Å². The Bertz CT molecular complexity index is 1490. The molecule has 6 heteroatoms. The maximum Gasteiger partial charge on any atom is 0.707 e. The van der Waals surface area contributed by atoms with Gasteiger partial charge in [-0.3, -0.25) is 4.79 Å². The molecule has 0 spiro atoms. The minimum absolute atomic E-state index is 0.251. The molecule has 0 heterocycles. The summed E-state index contributed by atoms with van der Waals surface area (Å²) in [6.45, 7) is 0. The smallest absolute Gasteiger partial charge is 0.512 e. The molecular formula is C31H24BNO4. The standard InChI is InChI=1S/C31H24BNO4/c34-31(33-27-16-18-28(19-17-27)37-32(35)36)26-15-20-29(30(21-26)24-9-5-2-6-10-24)25-13-11-23(12-14-25)22-7-3-1-4-8-22/h1-21,35-36H,(H,33,34). The lowest BCUT2D eigenvalue weighted by atomic mass is 9.91. The van der Waals surface area contributed by atoms with Crippen molar-refractivity contribution < 1.29 is 19.5 Å². The first-order valence-corrected chi connectivity index (χ1v) is 11.9. The highest BCUT2D eigenvalue weighted by atomic mass is 16.6. The highest BCUT2D eigenvalue weighted by Crippen LogP contribution is 2.34. The predicted octanol–water partition coefficient (Wildman–Crippen LogP) is 6.29. The minimum atomic E-state index is -1.90.